The zero-order valence-electron chi connectivity index (χ0n) is 20.6. The third kappa shape index (κ3) is 5.82. The van der Waals surface area contributed by atoms with E-state index < -0.39 is 6.23 Å². The van der Waals surface area contributed by atoms with E-state index in [2.05, 4.69) is 29.6 Å². The van der Waals surface area contributed by atoms with Gasteiger partial charge in [0.2, 0.25) is 0 Å². The number of anilines is 1. The summed E-state index contributed by atoms with van der Waals surface area (Å²) in [5.41, 5.74) is 3.18. The normalized spacial score (nSPS) is 12.0. The number of nitrogens with zero attached hydrogens (tertiary/aromatic N) is 2. The average molecular weight is 513 g/mol. The third-order valence-corrected chi connectivity index (χ3v) is 6.80. The van der Waals surface area contributed by atoms with Crippen LogP contribution in [0.3, 0.4) is 0 Å². The average Bonchev–Trinajstić information content (AvgIpc) is 3.58. The molecule has 0 fully saturated rings. The van der Waals surface area contributed by atoms with Crippen LogP contribution in [-0.4, -0.2) is 33.6 Å². The van der Waals surface area contributed by atoms with Gasteiger partial charge in [0.15, 0.2) is 5.75 Å². The van der Waals surface area contributed by atoms with Gasteiger partial charge in [-0.05, 0) is 78.7 Å². The molecule has 188 valence electrons. The Balaban J connectivity index is 1.23. The summed E-state index contributed by atoms with van der Waals surface area (Å²) < 4.78 is 9.22. The van der Waals surface area contributed by atoms with Crippen LogP contribution in [0, 0.1) is 0 Å². The van der Waals surface area contributed by atoms with E-state index in [4.69, 9.17) is 4.74 Å². The van der Waals surface area contributed by atoms with Crippen molar-refractivity contribution in [2.75, 3.05) is 11.9 Å². The number of hydrogen-bond acceptors (Lipinski definition) is 6. The van der Waals surface area contributed by atoms with Crippen LogP contribution >= 0.6 is 11.3 Å². The first kappa shape index (κ1) is 24.5. The van der Waals surface area contributed by atoms with Crippen LogP contribution < -0.4 is 15.4 Å². The van der Waals surface area contributed by atoms with E-state index in [9.17, 15) is 9.90 Å². The van der Waals surface area contributed by atoms with Gasteiger partial charge in [0.1, 0.15) is 12.0 Å². The van der Waals surface area contributed by atoms with Gasteiger partial charge in [-0.2, -0.15) is 5.10 Å². The maximum Gasteiger partial charge on any atom is 0.251 e. The Morgan fingerprint density at radius 1 is 1.05 bits per heavy atom. The number of nitrogens with one attached hydrogen (secondary N) is 2. The van der Waals surface area contributed by atoms with Crippen LogP contribution in [0.25, 0.3) is 21.2 Å². The Kier molecular flexibility index (Phi) is 7.20. The summed E-state index contributed by atoms with van der Waals surface area (Å²) in [7, 11) is 0. The van der Waals surface area contributed by atoms with Crippen molar-refractivity contribution >= 4 is 33.0 Å². The quantitative estimate of drug-likeness (QED) is 0.202. The lowest BCUT2D eigenvalue weighted by atomic mass is 10.1. The van der Waals surface area contributed by atoms with E-state index in [1.165, 1.54) is 0 Å². The Morgan fingerprint density at radius 3 is 2.76 bits per heavy atom. The van der Waals surface area contributed by atoms with E-state index in [1.807, 2.05) is 89.2 Å². The summed E-state index contributed by atoms with van der Waals surface area (Å²) in [6, 6.07) is 23.0. The van der Waals surface area contributed by atoms with Crippen LogP contribution in [0.1, 0.15) is 30.2 Å². The topological polar surface area (TPSA) is 88.4 Å². The summed E-state index contributed by atoms with van der Waals surface area (Å²) in [5, 5.41) is 23.8. The molecule has 0 aliphatic carbocycles. The van der Waals surface area contributed by atoms with E-state index in [1.54, 1.807) is 17.4 Å². The van der Waals surface area contributed by atoms with Crippen LogP contribution in [0.4, 0.5) is 5.69 Å². The molecule has 0 radical (unpaired) electrons. The van der Waals surface area contributed by atoms with Crippen molar-refractivity contribution in [2.45, 2.75) is 26.1 Å². The molecule has 1 amide bonds. The zero-order chi connectivity index (χ0) is 25.8. The molecule has 37 heavy (non-hydrogen) atoms. The number of ether oxygens (including phenoxy) is 1. The number of carbonyl (C=O) groups excluding carboxylic acids is 1. The summed E-state index contributed by atoms with van der Waals surface area (Å²) >= 11 is 1.63. The molecule has 2 aromatic heterocycles. The fourth-order valence-electron chi connectivity index (χ4n) is 3.94. The van der Waals surface area contributed by atoms with Gasteiger partial charge in [0.25, 0.3) is 5.91 Å². The second kappa shape index (κ2) is 10.9. The number of rotatable bonds is 9. The molecule has 0 aliphatic rings. The molecular formula is C29H28N4O3S. The molecule has 5 aromatic rings. The number of fused-ring (bicyclic) bond motifs is 1. The fourth-order valence-corrected chi connectivity index (χ4v) is 4.71. The first-order valence-electron chi connectivity index (χ1n) is 12.1. The number of aliphatic hydroxyl groups excluding tert-OH is 1. The molecular weight excluding hydrogens is 484 g/mol. The minimum Gasteiger partial charge on any atom is -0.455 e. The van der Waals surface area contributed by atoms with Crippen LogP contribution in [0.2, 0.25) is 0 Å². The first-order valence-corrected chi connectivity index (χ1v) is 13.0. The van der Waals surface area contributed by atoms with Gasteiger partial charge in [-0.1, -0.05) is 24.3 Å². The Bertz CT molecular complexity index is 1520. The zero-order valence-corrected chi connectivity index (χ0v) is 21.4. The molecule has 3 N–H and O–H groups in total. The van der Waals surface area contributed by atoms with Gasteiger partial charge >= 0.3 is 0 Å². The standard InChI is InChI=1S/C29H28N4O3S/c1-19(2)33-18-23(16-31-33)20-6-5-7-24(15-20)36-26-9-4-3-8-25(26)32-28(34)17-30-29(35)22-10-11-27-21(14-22)12-13-37-27/h3-16,18-19,28,32,34H,17H2,1-2H3,(H,30,35). The van der Waals surface area contributed by atoms with Crippen molar-refractivity contribution in [3.8, 4) is 22.6 Å². The number of thiophene rings is 1. The molecule has 0 saturated carbocycles. The van der Waals surface area contributed by atoms with Gasteiger partial charge < -0.3 is 20.5 Å². The highest BCUT2D eigenvalue weighted by Gasteiger charge is 2.13. The summed E-state index contributed by atoms with van der Waals surface area (Å²) in [6.07, 6.45) is 2.85. The maximum atomic E-state index is 12.6. The lowest BCUT2D eigenvalue weighted by molar-refractivity contribution is 0.0927. The number of amides is 1. The molecule has 2 heterocycles. The molecule has 1 atom stereocenters. The van der Waals surface area contributed by atoms with Crippen molar-refractivity contribution in [2.24, 2.45) is 0 Å². The maximum absolute atomic E-state index is 12.6. The van der Waals surface area contributed by atoms with Crippen molar-refractivity contribution in [1.29, 1.82) is 0 Å². The smallest absolute Gasteiger partial charge is 0.251 e. The first-order chi connectivity index (χ1) is 18.0. The number of carbonyl (C=O) groups is 1. The summed E-state index contributed by atoms with van der Waals surface area (Å²) in [4.78, 5) is 12.6. The molecule has 5 rings (SSSR count). The van der Waals surface area contributed by atoms with Crippen molar-refractivity contribution < 1.29 is 14.6 Å². The number of aliphatic hydroxyl groups is 1. The Hall–Kier alpha value is -4.14. The monoisotopic (exact) mass is 512 g/mol. The second-order valence-corrected chi connectivity index (χ2v) is 9.92. The van der Waals surface area contributed by atoms with E-state index in [0.29, 0.717) is 22.7 Å². The second-order valence-electron chi connectivity index (χ2n) is 8.97. The number of para-hydroxylation sites is 2. The number of hydrogen-bond donors (Lipinski definition) is 3. The van der Waals surface area contributed by atoms with Gasteiger partial charge in [0, 0.05) is 28.1 Å². The molecule has 0 spiro atoms. The lowest BCUT2D eigenvalue weighted by Crippen LogP contribution is -2.36. The van der Waals surface area contributed by atoms with Crippen molar-refractivity contribution in [3.63, 3.8) is 0 Å². The molecule has 1 unspecified atom stereocenters. The van der Waals surface area contributed by atoms with Crippen molar-refractivity contribution in [3.05, 3.63) is 96.1 Å². The molecule has 0 saturated heterocycles. The molecule has 7 nitrogen and oxygen atoms in total. The molecule has 3 aromatic carbocycles. The Morgan fingerprint density at radius 2 is 1.92 bits per heavy atom. The molecule has 0 bridgehead atoms. The van der Waals surface area contributed by atoms with E-state index in [-0.39, 0.29) is 18.5 Å². The van der Waals surface area contributed by atoms with Crippen molar-refractivity contribution in [1.82, 2.24) is 15.1 Å². The Labute approximate surface area is 219 Å². The summed E-state index contributed by atoms with van der Waals surface area (Å²) in [5.74, 6) is 0.984. The van der Waals surface area contributed by atoms with Gasteiger partial charge in [-0.3, -0.25) is 9.48 Å². The number of aromatic nitrogens is 2. The predicted octanol–water partition coefficient (Wildman–Crippen LogP) is 6.30. The van der Waals surface area contributed by atoms with E-state index in [0.717, 1.165) is 21.2 Å². The largest absolute Gasteiger partial charge is 0.455 e. The highest BCUT2D eigenvalue weighted by atomic mass is 32.1. The van der Waals surface area contributed by atoms with Crippen LogP contribution in [0.5, 0.6) is 11.5 Å². The summed E-state index contributed by atoms with van der Waals surface area (Å²) in [6.45, 7) is 4.21. The number of benzene rings is 3. The van der Waals surface area contributed by atoms with Gasteiger partial charge in [0.05, 0.1) is 18.4 Å². The highest BCUT2D eigenvalue weighted by Crippen LogP contribution is 2.32. The molecule has 0 aliphatic heterocycles. The third-order valence-electron chi connectivity index (χ3n) is 5.91. The highest BCUT2D eigenvalue weighted by molar-refractivity contribution is 7.17. The van der Waals surface area contributed by atoms with Crippen LogP contribution in [-0.2, 0) is 0 Å². The minimum atomic E-state index is -1.01. The fraction of sp³-hybridized carbons (Fsp3) is 0.172. The van der Waals surface area contributed by atoms with Gasteiger partial charge in [-0.25, -0.2) is 0 Å². The minimum absolute atomic E-state index is 0.0319. The molecule has 8 heteroatoms. The predicted molar refractivity (Wildman–Crippen MR) is 148 cm³/mol. The lowest BCUT2D eigenvalue weighted by Gasteiger charge is -2.18. The SMILES string of the molecule is CC(C)n1cc(-c2cccc(Oc3ccccc3NC(O)CNC(=O)c3ccc4sccc4c3)c2)cn1. The van der Waals surface area contributed by atoms with E-state index >= 15 is 0 Å². The van der Waals surface area contributed by atoms with Gasteiger partial charge in [-0.15, -0.1) is 11.3 Å². The van der Waals surface area contributed by atoms with Crippen LogP contribution in [0.15, 0.2) is 90.6 Å².